The van der Waals surface area contributed by atoms with Gasteiger partial charge in [-0.25, -0.2) is 9.97 Å². The molecule has 0 saturated heterocycles. The van der Waals surface area contributed by atoms with Crippen molar-refractivity contribution in [3.8, 4) is 0 Å². The quantitative estimate of drug-likeness (QED) is 0.786. The molecule has 0 spiro atoms. The summed E-state index contributed by atoms with van der Waals surface area (Å²) in [6.45, 7) is 0. The summed E-state index contributed by atoms with van der Waals surface area (Å²) in [6, 6.07) is 10.5. The Bertz CT molecular complexity index is 522. The van der Waals surface area contributed by atoms with Gasteiger partial charge in [-0.3, -0.25) is 0 Å². The van der Waals surface area contributed by atoms with E-state index in [9.17, 15) is 0 Å². The summed E-state index contributed by atoms with van der Waals surface area (Å²) in [5, 5.41) is 0. The molecule has 0 saturated carbocycles. The Balaban J connectivity index is 2.05. The van der Waals surface area contributed by atoms with E-state index in [2.05, 4.69) is 34.2 Å². The van der Waals surface area contributed by atoms with Crippen molar-refractivity contribution in [2.24, 2.45) is 0 Å². The smallest absolute Gasteiger partial charge is 0.220 e. The largest absolute Gasteiger partial charge is 0.368 e. The van der Waals surface area contributed by atoms with Gasteiger partial charge in [-0.15, -0.1) is 0 Å². The van der Waals surface area contributed by atoms with Crippen LogP contribution in [-0.2, 0) is 6.42 Å². The molecule has 3 nitrogen and oxygen atoms in total. The molecule has 3 rings (SSSR count). The molecule has 80 valence electrons. The molecule has 1 aliphatic rings. The molecule has 0 aliphatic heterocycles. The fraction of sp³-hybridized carbons (Fsp3) is 0.231. The van der Waals surface area contributed by atoms with E-state index in [1.165, 1.54) is 11.1 Å². The van der Waals surface area contributed by atoms with Gasteiger partial charge < -0.3 is 5.73 Å². The van der Waals surface area contributed by atoms with E-state index in [1.54, 1.807) is 6.20 Å². The third-order valence-electron chi connectivity index (χ3n) is 3.19. The molecule has 1 aliphatic carbocycles. The summed E-state index contributed by atoms with van der Waals surface area (Å²) in [5.74, 6) is 0.753. The van der Waals surface area contributed by atoms with Gasteiger partial charge in [0, 0.05) is 12.1 Å². The standard InChI is InChI=1S/C13H13N3/c14-13-15-8-7-12(16-13)11-6-5-9-3-1-2-4-10(9)11/h1-4,7-8,11H,5-6H2,(H2,14,15,16). The first-order valence-electron chi connectivity index (χ1n) is 5.51. The maximum atomic E-state index is 5.62. The van der Waals surface area contributed by atoms with E-state index in [1.807, 2.05) is 6.07 Å². The Kier molecular flexibility index (Phi) is 2.10. The van der Waals surface area contributed by atoms with Crippen LogP contribution in [-0.4, -0.2) is 9.97 Å². The first-order valence-corrected chi connectivity index (χ1v) is 5.51. The lowest BCUT2D eigenvalue weighted by Gasteiger charge is -2.10. The summed E-state index contributed by atoms with van der Waals surface area (Å²) in [6.07, 6.45) is 3.99. The lowest BCUT2D eigenvalue weighted by Crippen LogP contribution is -2.03. The van der Waals surface area contributed by atoms with Crippen LogP contribution < -0.4 is 5.73 Å². The number of fused-ring (bicyclic) bond motifs is 1. The van der Waals surface area contributed by atoms with Gasteiger partial charge >= 0.3 is 0 Å². The molecule has 16 heavy (non-hydrogen) atoms. The van der Waals surface area contributed by atoms with Crippen LogP contribution in [0.2, 0.25) is 0 Å². The maximum absolute atomic E-state index is 5.62. The van der Waals surface area contributed by atoms with Crippen molar-refractivity contribution in [3.63, 3.8) is 0 Å². The van der Waals surface area contributed by atoms with Gasteiger partial charge in [-0.1, -0.05) is 24.3 Å². The minimum absolute atomic E-state index is 0.363. The van der Waals surface area contributed by atoms with Crippen LogP contribution in [0.5, 0.6) is 0 Å². The molecule has 0 fully saturated rings. The van der Waals surface area contributed by atoms with E-state index in [0.29, 0.717) is 11.9 Å². The van der Waals surface area contributed by atoms with Gasteiger partial charge in [-0.2, -0.15) is 0 Å². The predicted molar refractivity (Wildman–Crippen MR) is 63.1 cm³/mol. The lowest BCUT2D eigenvalue weighted by molar-refractivity contribution is 0.759. The van der Waals surface area contributed by atoms with E-state index < -0.39 is 0 Å². The normalized spacial score (nSPS) is 18.4. The molecule has 2 N–H and O–H groups in total. The minimum Gasteiger partial charge on any atom is -0.368 e. The zero-order valence-corrected chi connectivity index (χ0v) is 8.93. The molecule has 3 heteroatoms. The third-order valence-corrected chi connectivity index (χ3v) is 3.19. The second-order valence-corrected chi connectivity index (χ2v) is 4.13. The Hall–Kier alpha value is -1.90. The monoisotopic (exact) mass is 211 g/mol. The van der Waals surface area contributed by atoms with Gasteiger partial charge in [0.05, 0.1) is 5.69 Å². The fourth-order valence-electron chi connectivity index (χ4n) is 2.45. The van der Waals surface area contributed by atoms with Crippen molar-refractivity contribution < 1.29 is 0 Å². The molecule has 0 radical (unpaired) electrons. The Morgan fingerprint density at radius 2 is 2.06 bits per heavy atom. The highest BCUT2D eigenvalue weighted by Gasteiger charge is 2.24. The summed E-state index contributed by atoms with van der Waals surface area (Å²) in [4.78, 5) is 8.25. The third kappa shape index (κ3) is 1.45. The number of hydrogen-bond donors (Lipinski definition) is 1. The zero-order valence-electron chi connectivity index (χ0n) is 8.93. The minimum atomic E-state index is 0.363. The number of anilines is 1. The van der Waals surface area contributed by atoms with Crippen LogP contribution in [0.15, 0.2) is 36.5 Å². The molecule has 0 bridgehead atoms. The Labute approximate surface area is 94.4 Å². The summed E-state index contributed by atoms with van der Waals surface area (Å²) >= 11 is 0. The molecule has 1 atom stereocenters. The molecular weight excluding hydrogens is 198 g/mol. The number of rotatable bonds is 1. The van der Waals surface area contributed by atoms with Crippen molar-refractivity contribution >= 4 is 5.95 Å². The van der Waals surface area contributed by atoms with Crippen molar-refractivity contribution in [2.45, 2.75) is 18.8 Å². The van der Waals surface area contributed by atoms with E-state index in [0.717, 1.165) is 18.5 Å². The SMILES string of the molecule is Nc1nccc(C2CCc3ccccc32)n1. The van der Waals surface area contributed by atoms with Crippen molar-refractivity contribution in [1.82, 2.24) is 9.97 Å². The topological polar surface area (TPSA) is 51.8 Å². The predicted octanol–water partition coefficient (Wildman–Crippen LogP) is 2.14. The van der Waals surface area contributed by atoms with Crippen molar-refractivity contribution in [3.05, 3.63) is 53.3 Å². The summed E-state index contributed by atoms with van der Waals surface area (Å²) < 4.78 is 0. The second-order valence-electron chi connectivity index (χ2n) is 4.13. The molecule has 1 aromatic heterocycles. The highest BCUT2D eigenvalue weighted by molar-refractivity contribution is 5.40. The number of nitrogen functional groups attached to an aromatic ring is 1. The molecule has 1 unspecified atom stereocenters. The average molecular weight is 211 g/mol. The van der Waals surface area contributed by atoms with Crippen LogP contribution in [0, 0.1) is 0 Å². The maximum Gasteiger partial charge on any atom is 0.220 e. The van der Waals surface area contributed by atoms with Gasteiger partial charge in [0.1, 0.15) is 0 Å². The van der Waals surface area contributed by atoms with Crippen molar-refractivity contribution in [1.29, 1.82) is 0 Å². The number of nitrogens with two attached hydrogens (primary N) is 1. The van der Waals surface area contributed by atoms with E-state index in [4.69, 9.17) is 5.73 Å². The second kappa shape index (κ2) is 3.59. The fourth-order valence-corrected chi connectivity index (χ4v) is 2.45. The van der Waals surface area contributed by atoms with Crippen LogP contribution in [0.4, 0.5) is 5.95 Å². The van der Waals surface area contributed by atoms with Crippen LogP contribution >= 0.6 is 0 Å². The van der Waals surface area contributed by atoms with Gasteiger partial charge in [-0.05, 0) is 30.0 Å². The van der Waals surface area contributed by atoms with E-state index in [-0.39, 0.29) is 0 Å². The zero-order chi connectivity index (χ0) is 11.0. The highest BCUT2D eigenvalue weighted by Crippen LogP contribution is 2.36. The van der Waals surface area contributed by atoms with Gasteiger partial charge in [0.2, 0.25) is 5.95 Å². The molecule has 2 aromatic rings. The first kappa shape index (κ1) is 9.33. The van der Waals surface area contributed by atoms with Gasteiger partial charge in [0.15, 0.2) is 0 Å². The summed E-state index contributed by atoms with van der Waals surface area (Å²) in [5.41, 5.74) is 9.49. The van der Waals surface area contributed by atoms with Gasteiger partial charge in [0.25, 0.3) is 0 Å². The van der Waals surface area contributed by atoms with Crippen LogP contribution in [0.3, 0.4) is 0 Å². The number of benzene rings is 1. The molecule has 1 aromatic carbocycles. The van der Waals surface area contributed by atoms with Crippen molar-refractivity contribution in [2.75, 3.05) is 5.73 Å². The lowest BCUT2D eigenvalue weighted by atomic mass is 9.98. The Morgan fingerprint density at radius 3 is 2.94 bits per heavy atom. The first-order chi connectivity index (χ1) is 7.84. The van der Waals surface area contributed by atoms with E-state index >= 15 is 0 Å². The average Bonchev–Trinajstić information content (AvgIpc) is 2.72. The number of aromatic nitrogens is 2. The number of nitrogens with zero attached hydrogens (tertiary/aromatic N) is 2. The summed E-state index contributed by atoms with van der Waals surface area (Å²) in [7, 11) is 0. The molecule has 1 heterocycles. The number of hydrogen-bond acceptors (Lipinski definition) is 3. The molecule has 0 amide bonds. The Morgan fingerprint density at radius 1 is 1.19 bits per heavy atom. The van der Waals surface area contributed by atoms with Crippen LogP contribution in [0.1, 0.15) is 29.2 Å². The number of aryl methyl sites for hydroxylation is 1. The molecular formula is C13H13N3. The highest BCUT2D eigenvalue weighted by atomic mass is 15.0. The van der Waals surface area contributed by atoms with Crippen LogP contribution in [0.25, 0.3) is 0 Å².